The molecule has 0 aromatic heterocycles. The van der Waals surface area contributed by atoms with Crippen molar-refractivity contribution in [3.8, 4) is 0 Å². The van der Waals surface area contributed by atoms with Crippen LogP contribution >= 0.6 is 0 Å². The Labute approximate surface area is 185 Å². The summed E-state index contributed by atoms with van der Waals surface area (Å²) in [5, 5.41) is 14.1. The number of nitrogens with zero attached hydrogens (tertiary/aromatic N) is 2. The number of hydrogen-bond donors (Lipinski definition) is 1. The minimum absolute atomic E-state index is 0.0915. The number of carbonyl (C=O) groups excluding carboxylic acids is 2. The van der Waals surface area contributed by atoms with Gasteiger partial charge in [0.2, 0.25) is 0 Å². The van der Waals surface area contributed by atoms with E-state index in [1.165, 1.54) is 24.3 Å². The van der Waals surface area contributed by atoms with Gasteiger partial charge in [-0.3, -0.25) is 19.7 Å². The van der Waals surface area contributed by atoms with Crippen molar-refractivity contribution < 1.29 is 14.5 Å². The molecule has 1 heterocycles. The Morgan fingerprint density at radius 3 is 2.06 bits per heavy atom. The van der Waals surface area contributed by atoms with Gasteiger partial charge in [-0.05, 0) is 60.9 Å². The number of nitro benzene ring substituents is 1. The molecule has 0 fully saturated rings. The number of carbonyl (C=O) groups is 2. The molecule has 3 aromatic carbocycles. The van der Waals surface area contributed by atoms with Crippen LogP contribution in [0.3, 0.4) is 0 Å². The Hall–Kier alpha value is -4.26. The van der Waals surface area contributed by atoms with Crippen LogP contribution in [0.5, 0.6) is 0 Å². The Bertz CT molecular complexity index is 1230. The molecule has 7 nitrogen and oxygen atoms in total. The second-order valence-electron chi connectivity index (χ2n) is 7.51. The Balaban J connectivity index is 1.79. The lowest BCUT2D eigenvalue weighted by Crippen LogP contribution is -2.32. The summed E-state index contributed by atoms with van der Waals surface area (Å²) < 4.78 is 0. The summed E-state index contributed by atoms with van der Waals surface area (Å²) in [5.41, 5.74) is 3.92. The lowest BCUT2D eigenvalue weighted by atomic mass is 10.0. The molecule has 0 bridgehead atoms. The standard InChI is InChI=1S/C25H21N3O4/c1-3-17-6-10-19(11-7-17)26-23-22(18-8-14-21(15-9-18)28(31)32)24(29)27(25(23)30)20-12-4-16(2)5-13-20/h4-15,26H,3H2,1-2H3. The molecule has 1 N–H and O–H groups in total. The van der Waals surface area contributed by atoms with Gasteiger partial charge in [-0.25, -0.2) is 4.90 Å². The fourth-order valence-electron chi connectivity index (χ4n) is 3.56. The third-order valence-electron chi connectivity index (χ3n) is 5.37. The molecular weight excluding hydrogens is 406 g/mol. The van der Waals surface area contributed by atoms with Gasteiger partial charge >= 0.3 is 0 Å². The van der Waals surface area contributed by atoms with Crippen LogP contribution in [0.1, 0.15) is 23.6 Å². The minimum atomic E-state index is -0.507. The van der Waals surface area contributed by atoms with Crippen LogP contribution in [0.4, 0.5) is 17.1 Å². The summed E-state index contributed by atoms with van der Waals surface area (Å²) in [6.45, 7) is 3.97. The van der Waals surface area contributed by atoms with Crippen LogP contribution in [0.2, 0.25) is 0 Å². The van der Waals surface area contributed by atoms with E-state index >= 15 is 0 Å². The van der Waals surface area contributed by atoms with Crippen LogP contribution < -0.4 is 10.2 Å². The molecule has 1 aliphatic rings. The summed E-state index contributed by atoms with van der Waals surface area (Å²) >= 11 is 0. The minimum Gasteiger partial charge on any atom is -0.350 e. The highest BCUT2D eigenvalue weighted by atomic mass is 16.6. The molecule has 0 saturated carbocycles. The maximum atomic E-state index is 13.4. The van der Waals surface area contributed by atoms with Crippen LogP contribution in [-0.2, 0) is 16.0 Å². The van der Waals surface area contributed by atoms with Gasteiger partial charge < -0.3 is 5.32 Å². The van der Waals surface area contributed by atoms with Gasteiger partial charge in [0, 0.05) is 17.8 Å². The average Bonchev–Trinajstić information content (AvgIpc) is 3.04. The molecule has 32 heavy (non-hydrogen) atoms. The zero-order chi connectivity index (χ0) is 22.8. The Morgan fingerprint density at radius 2 is 1.50 bits per heavy atom. The maximum absolute atomic E-state index is 13.4. The fraction of sp³-hybridized carbons (Fsp3) is 0.120. The maximum Gasteiger partial charge on any atom is 0.282 e. The molecule has 4 rings (SSSR count). The monoisotopic (exact) mass is 427 g/mol. The number of rotatable bonds is 6. The van der Waals surface area contributed by atoms with Gasteiger partial charge in [-0.15, -0.1) is 0 Å². The van der Waals surface area contributed by atoms with Crippen LogP contribution in [-0.4, -0.2) is 16.7 Å². The Kier molecular flexibility index (Phi) is 5.55. The van der Waals surface area contributed by atoms with Crippen molar-refractivity contribution in [2.45, 2.75) is 20.3 Å². The SMILES string of the molecule is CCc1ccc(NC2=C(c3ccc([N+](=O)[O-])cc3)C(=O)N(c3ccc(C)cc3)C2=O)cc1. The van der Waals surface area contributed by atoms with E-state index in [1.807, 2.05) is 43.3 Å². The van der Waals surface area contributed by atoms with E-state index in [2.05, 4.69) is 12.2 Å². The zero-order valence-corrected chi connectivity index (χ0v) is 17.7. The lowest BCUT2D eigenvalue weighted by molar-refractivity contribution is -0.384. The van der Waals surface area contributed by atoms with Crippen molar-refractivity contribution in [1.82, 2.24) is 0 Å². The van der Waals surface area contributed by atoms with E-state index in [4.69, 9.17) is 0 Å². The number of imide groups is 1. The first-order valence-corrected chi connectivity index (χ1v) is 10.2. The van der Waals surface area contributed by atoms with Crippen molar-refractivity contribution >= 4 is 34.4 Å². The first-order valence-electron chi connectivity index (χ1n) is 10.2. The summed E-state index contributed by atoms with van der Waals surface area (Å²) in [4.78, 5) is 38.4. The van der Waals surface area contributed by atoms with E-state index in [0.29, 0.717) is 16.9 Å². The van der Waals surface area contributed by atoms with E-state index < -0.39 is 16.7 Å². The number of non-ortho nitro benzene ring substituents is 1. The largest absolute Gasteiger partial charge is 0.350 e. The predicted octanol–water partition coefficient (Wildman–Crippen LogP) is 4.86. The lowest BCUT2D eigenvalue weighted by Gasteiger charge is -2.15. The highest BCUT2D eigenvalue weighted by molar-refractivity contribution is 6.46. The molecule has 2 amide bonds. The van der Waals surface area contributed by atoms with Crippen LogP contribution in [0.25, 0.3) is 5.57 Å². The Morgan fingerprint density at radius 1 is 0.875 bits per heavy atom. The van der Waals surface area contributed by atoms with E-state index in [1.54, 1.807) is 12.1 Å². The number of nitrogens with one attached hydrogen (secondary N) is 1. The molecule has 0 spiro atoms. The number of aryl methyl sites for hydroxylation is 2. The predicted molar refractivity (Wildman–Crippen MR) is 123 cm³/mol. The van der Waals surface area contributed by atoms with Gasteiger partial charge in [-0.2, -0.15) is 0 Å². The van der Waals surface area contributed by atoms with Crippen molar-refractivity contribution in [3.63, 3.8) is 0 Å². The van der Waals surface area contributed by atoms with E-state index in [-0.39, 0.29) is 17.0 Å². The van der Waals surface area contributed by atoms with Crippen molar-refractivity contribution in [3.05, 3.63) is 105 Å². The highest BCUT2D eigenvalue weighted by Gasteiger charge is 2.40. The fourth-order valence-corrected chi connectivity index (χ4v) is 3.56. The molecule has 160 valence electrons. The summed E-state index contributed by atoms with van der Waals surface area (Å²) in [5.74, 6) is -0.966. The van der Waals surface area contributed by atoms with Crippen molar-refractivity contribution in [2.24, 2.45) is 0 Å². The van der Waals surface area contributed by atoms with Gasteiger partial charge in [0.25, 0.3) is 17.5 Å². The molecule has 3 aromatic rings. The van der Waals surface area contributed by atoms with Crippen molar-refractivity contribution in [1.29, 1.82) is 0 Å². The van der Waals surface area contributed by atoms with E-state index in [0.717, 1.165) is 22.4 Å². The van der Waals surface area contributed by atoms with Gasteiger partial charge in [0.1, 0.15) is 5.70 Å². The zero-order valence-electron chi connectivity index (χ0n) is 17.7. The highest BCUT2D eigenvalue weighted by Crippen LogP contribution is 2.34. The molecule has 0 radical (unpaired) electrons. The third-order valence-corrected chi connectivity index (χ3v) is 5.37. The van der Waals surface area contributed by atoms with Crippen molar-refractivity contribution in [2.75, 3.05) is 10.2 Å². The molecule has 0 atom stereocenters. The molecule has 0 saturated heterocycles. The second-order valence-corrected chi connectivity index (χ2v) is 7.51. The third kappa shape index (κ3) is 3.88. The van der Waals surface area contributed by atoms with Gasteiger partial charge in [0.05, 0.1) is 16.2 Å². The number of hydrogen-bond acceptors (Lipinski definition) is 5. The van der Waals surface area contributed by atoms with Crippen LogP contribution in [0, 0.1) is 17.0 Å². The van der Waals surface area contributed by atoms with Crippen LogP contribution in [0.15, 0.2) is 78.5 Å². The second kappa shape index (κ2) is 8.47. The quantitative estimate of drug-likeness (QED) is 0.344. The molecular formula is C25H21N3O4. The average molecular weight is 427 g/mol. The number of amides is 2. The first kappa shape index (κ1) is 21.0. The molecule has 0 aliphatic carbocycles. The first-order chi connectivity index (χ1) is 15.4. The molecule has 1 aliphatic heterocycles. The summed E-state index contributed by atoms with van der Waals surface area (Å²) in [7, 11) is 0. The van der Waals surface area contributed by atoms with E-state index in [9.17, 15) is 19.7 Å². The summed E-state index contributed by atoms with van der Waals surface area (Å²) in [6.07, 6.45) is 0.885. The molecule has 7 heteroatoms. The summed E-state index contributed by atoms with van der Waals surface area (Å²) in [6, 6.07) is 20.3. The number of benzene rings is 3. The van der Waals surface area contributed by atoms with Gasteiger partial charge in [-0.1, -0.05) is 36.8 Å². The van der Waals surface area contributed by atoms with Gasteiger partial charge in [0.15, 0.2) is 0 Å². The smallest absolute Gasteiger partial charge is 0.282 e. The topological polar surface area (TPSA) is 92.6 Å². The normalized spacial score (nSPS) is 13.6. The number of nitro groups is 1. The molecule has 0 unspecified atom stereocenters. The number of anilines is 2.